The van der Waals surface area contributed by atoms with E-state index >= 15 is 0 Å². The zero-order chi connectivity index (χ0) is 9.10. The summed E-state index contributed by atoms with van der Waals surface area (Å²) in [6.45, 7) is 0. The topological polar surface area (TPSA) is 23.8 Å². The van der Waals surface area contributed by atoms with Gasteiger partial charge < -0.3 is 0 Å². The van der Waals surface area contributed by atoms with Crippen LogP contribution >= 0.6 is 0 Å². The van der Waals surface area contributed by atoms with Gasteiger partial charge in [0.05, 0.1) is 12.0 Å². The SMILES string of the molecule is N#CC(c1ccccc1)C1CCC1. The average Bonchev–Trinajstić information content (AvgIpc) is 2.12. The zero-order valence-corrected chi connectivity index (χ0v) is 7.61. The summed E-state index contributed by atoms with van der Waals surface area (Å²) in [6.07, 6.45) is 3.76. The van der Waals surface area contributed by atoms with E-state index < -0.39 is 0 Å². The summed E-state index contributed by atoms with van der Waals surface area (Å²) in [5, 5.41) is 9.06. The maximum absolute atomic E-state index is 9.06. The molecule has 1 aromatic carbocycles. The highest BCUT2D eigenvalue weighted by Gasteiger charge is 2.27. The van der Waals surface area contributed by atoms with Crippen molar-refractivity contribution in [2.75, 3.05) is 0 Å². The van der Waals surface area contributed by atoms with Gasteiger partial charge in [-0.3, -0.25) is 0 Å². The van der Waals surface area contributed by atoms with E-state index in [0.29, 0.717) is 5.92 Å². The number of nitrogens with zero attached hydrogens (tertiary/aromatic N) is 1. The van der Waals surface area contributed by atoms with Crippen LogP contribution in [0.4, 0.5) is 0 Å². The Kier molecular flexibility index (Phi) is 2.31. The van der Waals surface area contributed by atoms with Gasteiger partial charge in [0.15, 0.2) is 0 Å². The van der Waals surface area contributed by atoms with Gasteiger partial charge in [-0.2, -0.15) is 5.26 Å². The van der Waals surface area contributed by atoms with Crippen molar-refractivity contribution in [3.63, 3.8) is 0 Å². The molecule has 0 aromatic heterocycles. The van der Waals surface area contributed by atoms with Crippen LogP contribution in [0.1, 0.15) is 30.7 Å². The second kappa shape index (κ2) is 3.62. The quantitative estimate of drug-likeness (QED) is 0.670. The number of hydrogen-bond donors (Lipinski definition) is 0. The van der Waals surface area contributed by atoms with Gasteiger partial charge in [0.25, 0.3) is 0 Å². The molecule has 1 aliphatic carbocycles. The highest BCUT2D eigenvalue weighted by Crippen LogP contribution is 2.38. The molecule has 0 N–H and O–H groups in total. The van der Waals surface area contributed by atoms with Crippen LogP contribution in [-0.2, 0) is 0 Å². The molecule has 0 radical (unpaired) electrons. The van der Waals surface area contributed by atoms with Crippen LogP contribution in [0.2, 0.25) is 0 Å². The average molecular weight is 171 g/mol. The molecule has 1 saturated carbocycles. The van der Waals surface area contributed by atoms with Crippen molar-refractivity contribution in [2.45, 2.75) is 25.2 Å². The number of hydrogen-bond acceptors (Lipinski definition) is 1. The van der Waals surface area contributed by atoms with E-state index in [2.05, 4.69) is 18.2 Å². The van der Waals surface area contributed by atoms with Crippen molar-refractivity contribution in [1.29, 1.82) is 5.26 Å². The second-order valence-corrected chi connectivity index (χ2v) is 3.71. The number of nitriles is 1. The maximum Gasteiger partial charge on any atom is 0.0740 e. The molecule has 0 heterocycles. The van der Waals surface area contributed by atoms with E-state index in [1.54, 1.807) is 0 Å². The van der Waals surface area contributed by atoms with E-state index in [1.165, 1.54) is 24.8 Å². The fourth-order valence-electron chi connectivity index (χ4n) is 1.89. The molecule has 0 amide bonds. The Labute approximate surface area is 79.0 Å². The Hall–Kier alpha value is -1.29. The highest BCUT2D eigenvalue weighted by molar-refractivity contribution is 5.26. The summed E-state index contributed by atoms with van der Waals surface area (Å²) in [5.74, 6) is 0.752. The Morgan fingerprint density at radius 1 is 1.23 bits per heavy atom. The molecule has 1 aliphatic rings. The first-order valence-corrected chi connectivity index (χ1v) is 4.86. The standard InChI is InChI=1S/C12H13N/c13-9-12(11-7-4-8-11)10-5-2-1-3-6-10/h1-3,5-6,11-12H,4,7-8H2. The van der Waals surface area contributed by atoms with Crippen LogP contribution in [0.15, 0.2) is 30.3 Å². The minimum Gasteiger partial charge on any atom is -0.198 e. The predicted octanol–water partition coefficient (Wildman–Crippen LogP) is 3.09. The third kappa shape index (κ3) is 1.58. The van der Waals surface area contributed by atoms with Gasteiger partial charge in [-0.1, -0.05) is 36.8 Å². The van der Waals surface area contributed by atoms with Crippen molar-refractivity contribution in [1.82, 2.24) is 0 Å². The molecule has 66 valence electrons. The molecule has 1 atom stereocenters. The lowest BCUT2D eigenvalue weighted by Crippen LogP contribution is -2.19. The molecule has 0 saturated heterocycles. The number of benzene rings is 1. The minimum atomic E-state index is 0.134. The third-order valence-corrected chi connectivity index (χ3v) is 2.92. The van der Waals surface area contributed by atoms with Gasteiger partial charge in [0.1, 0.15) is 0 Å². The van der Waals surface area contributed by atoms with Crippen LogP contribution in [0.5, 0.6) is 0 Å². The van der Waals surface area contributed by atoms with Crippen LogP contribution in [-0.4, -0.2) is 0 Å². The largest absolute Gasteiger partial charge is 0.198 e. The Morgan fingerprint density at radius 3 is 2.38 bits per heavy atom. The van der Waals surface area contributed by atoms with Crippen LogP contribution in [0.3, 0.4) is 0 Å². The summed E-state index contributed by atoms with van der Waals surface area (Å²) in [5.41, 5.74) is 1.19. The maximum atomic E-state index is 9.06. The smallest absolute Gasteiger partial charge is 0.0740 e. The summed E-state index contributed by atoms with van der Waals surface area (Å²) < 4.78 is 0. The molecule has 1 heteroatoms. The molecule has 1 nitrogen and oxygen atoms in total. The van der Waals surface area contributed by atoms with Gasteiger partial charge >= 0.3 is 0 Å². The van der Waals surface area contributed by atoms with E-state index in [-0.39, 0.29) is 5.92 Å². The van der Waals surface area contributed by atoms with Crippen LogP contribution < -0.4 is 0 Å². The molecule has 1 aromatic rings. The molecular formula is C12H13N. The number of rotatable bonds is 2. The third-order valence-electron chi connectivity index (χ3n) is 2.92. The van der Waals surface area contributed by atoms with Crippen LogP contribution in [0.25, 0.3) is 0 Å². The van der Waals surface area contributed by atoms with Crippen molar-refractivity contribution in [3.05, 3.63) is 35.9 Å². The lowest BCUT2D eigenvalue weighted by atomic mass is 9.74. The zero-order valence-electron chi connectivity index (χ0n) is 7.61. The Balaban J connectivity index is 2.18. The molecular weight excluding hydrogens is 158 g/mol. The molecule has 1 fully saturated rings. The Morgan fingerprint density at radius 2 is 1.92 bits per heavy atom. The van der Waals surface area contributed by atoms with Gasteiger partial charge in [-0.25, -0.2) is 0 Å². The molecule has 1 unspecified atom stereocenters. The van der Waals surface area contributed by atoms with E-state index in [1.807, 2.05) is 18.2 Å². The van der Waals surface area contributed by atoms with Gasteiger partial charge in [0, 0.05) is 0 Å². The highest BCUT2D eigenvalue weighted by atomic mass is 14.4. The molecule has 2 rings (SSSR count). The first-order valence-electron chi connectivity index (χ1n) is 4.86. The monoisotopic (exact) mass is 171 g/mol. The molecule has 0 bridgehead atoms. The second-order valence-electron chi connectivity index (χ2n) is 3.71. The normalized spacial score (nSPS) is 18.7. The summed E-state index contributed by atoms with van der Waals surface area (Å²) >= 11 is 0. The fraction of sp³-hybridized carbons (Fsp3) is 0.417. The van der Waals surface area contributed by atoms with Gasteiger partial charge in [0.2, 0.25) is 0 Å². The van der Waals surface area contributed by atoms with Crippen molar-refractivity contribution < 1.29 is 0 Å². The first kappa shape index (κ1) is 8.31. The fourth-order valence-corrected chi connectivity index (χ4v) is 1.89. The summed E-state index contributed by atoms with van der Waals surface area (Å²) in [4.78, 5) is 0. The summed E-state index contributed by atoms with van der Waals surface area (Å²) in [7, 11) is 0. The van der Waals surface area contributed by atoms with Crippen LogP contribution in [0, 0.1) is 17.2 Å². The lowest BCUT2D eigenvalue weighted by Gasteiger charge is -2.29. The minimum absolute atomic E-state index is 0.134. The lowest BCUT2D eigenvalue weighted by molar-refractivity contribution is 0.292. The summed E-state index contributed by atoms with van der Waals surface area (Å²) in [6, 6.07) is 12.6. The van der Waals surface area contributed by atoms with Gasteiger partial charge in [-0.15, -0.1) is 0 Å². The van der Waals surface area contributed by atoms with Gasteiger partial charge in [-0.05, 0) is 24.3 Å². The van der Waals surface area contributed by atoms with E-state index in [0.717, 1.165) is 0 Å². The van der Waals surface area contributed by atoms with Crippen molar-refractivity contribution >= 4 is 0 Å². The molecule has 0 aliphatic heterocycles. The molecule has 13 heavy (non-hydrogen) atoms. The van der Waals surface area contributed by atoms with Crippen molar-refractivity contribution in [3.8, 4) is 6.07 Å². The predicted molar refractivity (Wildman–Crippen MR) is 52.1 cm³/mol. The first-order chi connectivity index (χ1) is 6.42. The van der Waals surface area contributed by atoms with E-state index in [4.69, 9.17) is 5.26 Å². The Bertz CT molecular complexity index is 306. The van der Waals surface area contributed by atoms with Crippen molar-refractivity contribution in [2.24, 2.45) is 5.92 Å². The van der Waals surface area contributed by atoms with E-state index in [9.17, 15) is 0 Å². The molecule has 0 spiro atoms.